The minimum atomic E-state index is -4.41. The van der Waals surface area contributed by atoms with Gasteiger partial charge < -0.3 is 20.1 Å². The molecule has 0 aromatic carbocycles. The van der Waals surface area contributed by atoms with Crippen LogP contribution in [-0.4, -0.2) is 49.3 Å². The van der Waals surface area contributed by atoms with Crippen molar-refractivity contribution in [1.29, 1.82) is 0 Å². The van der Waals surface area contributed by atoms with E-state index in [9.17, 15) is 19.0 Å². The third-order valence-corrected chi connectivity index (χ3v) is 16.6. The third kappa shape index (κ3) is 76.3. The molecule has 0 saturated carbocycles. The SMILES string of the molecule is CC/C=C\C/C=C\C/C=C\C/C=C\C/C=C\C/C=C\C/C=C\C/C=C\C/C=C\C/C=C\CCCCCCCCCCC(=O)OC(COC(=O)CCCCCCCCCCCCCCCCCCCCCC/C=C\C/C=C\C/C=C\C/C=C\CC)COP(=O)(O)OCCN. The summed E-state index contributed by atoms with van der Waals surface area (Å²) in [6.07, 6.45) is 113. The van der Waals surface area contributed by atoms with Crippen molar-refractivity contribution in [1.82, 2.24) is 0 Å². The first-order valence-corrected chi connectivity index (χ1v) is 39.1. The van der Waals surface area contributed by atoms with E-state index in [-0.39, 0.29) is 38.6 Å². The highest BCUT2D eigenvalue weighted by Gasteiger charge is 2.26. The molecule has 0 spiro atoms. The van der Waals surface area contributed by atoms with E-state index in [0.29, 0.717) is 6.42 Å². The van der Waals surface area contributed by atoms with Crippen LogP contribution in [-0.2, 0) is 32.7 Å². The molecule has 0 aliphatic rings. The number of carbonyl (C=O) groups is 2. The summed E-state index contributed by atoms with van der Waals surface area (Å²) in [5, 5.41) is 0. The van der Waals surface area contributed by atoms with Crippen molar-refractivity contribution in [3.05, 3.63) is 170 Å². The van der Waals surface area contributed by atoms with Crippen molar-refractivity contribution in [3.63, 3.8) is 0 Å². The van der Waals surface area contributed by atoms with Gasteiger partial charge >= 0.3 is 19.8 Å². The van der Waals surface area contributed by atoms with Crippen LogP contribution in [0.4, 0.5) is 0 Å². The zero-order valence-electron chi connectivity index (χ0n) is 59.4. The van der Waals surface area contributed by atoms with E-state index in [1.807, 2.05) is 0 Å². The van der Waals surface area contributed by atoms with E-state index in [0.717, 1.165) is 135 Å². The van der Waals surface area contributed by atoms with Crippen molar-refractivity contribution in [3.8, 4) is 0 Å². The van der Waals surface area contributed by atoms with Crippen LogP contribution in [0.15, 0.2) is 170 Å². The fourth-order valence-corrected chi connectivity index (χ4v) is 10.9. The molecule has 3 N–H and O–H groups in total. The molecular formula is C83H138NO8P. The van der Waals surface area contributed by atoms with Gasteiger partial charge in [0.25, 0.3) is 0 Å². The van der Waals surface area contributed by atoms with E-state index < -0.39 is 26.5 Å². The summed E-state index contributed by atoms with van der Waals surface area (Å²) >= 11 is 0. The summed E-state index contributed by atoms with van der Waals surface area (Å²) in [4.78, 5) is 35.4. The number of rotatable bonds is 69. The molecule has 0 aliphatic carbocycles. The molecule has 0 rings (SSSR count). The van der Waals surface area contributed by atoms with Crippen molar-refractivity contribution in [2.45, 2.75) is 315 Å². The first kappa shape index (κ1) is 88.4. The second kappa shape index (κ2) is 76.4. The van der Waals surface area contributed by atoms with Crippen LogP contribution in [0.5, 0.6) is 0 Å². The summed E-state index contributed by atoms with van der Waals surface area (Å²) in [6.45, 7) is 3.52. The van der Waals surface area contributed by atoms with Crippen molar-refractivity contribution in [2.75, 3.05) is 26.4 Å². The van der Waals surface area contributed by atoms with Gasteiger partial charge in [-0.15, -0.1) is 0 Å². The largest absolute Gasteiger partial charge is 0.472 e. The summed E-state index contributed by atoms with van der Waals surface area (Å²) in [7, 11) is -4.41. The maximum Gasteiger partial charge on any atom is 0.472 e. The molecule has 0 aromatic heterocycles. The lowest BCUT2D eigenvalue weighted by molar-refractivity contribution is -0.161. The Kier molecular flexibility index (Phi) is 72.6. The molecule has 0 fully saturated rings. The molecule has 93 heavy (non-hydrogen) atoms. The van der Waals surface area contributed by atoms with Crippen LogP contribution in [0, 0.1) is 0 Å². The minimum absolute atomic E-state index is 0.0455. The van der Waals surface area contributed by atoms with Gasteiger partial charge in [0.05, 0.1) is 13.2 Å². The van der Waals surface area contributed by atoms with Gasteiger partial charge in [-0.05, 0) is 128 Å². The first-order chi connectivity index (χ1) is 45.8. The number of phosphoric acid groups is 1. The summed E-state index contributed by atoms with van der Waals surface area (Å²) in [6, 6.07) is 0. The number of ether oxygens (including phenoxy) is 2. The second-order valence-corrected chi connectivity index (χ2v) is 25.9. The summed E-state index contributed by atoms with van der Waals surface area (Å²) in [5.41, 5.74) is 5.41. The number of carbonyl (C=O) groups excluding carboxylic acids is 2. The van der Waals surface area contributed by atoms with Crippen LogP contribution in [0.1, 0.15) is 309 Å². The Morgan fingerprint density at radius 2 is 0.559 bits per heavy atom. The molecule has 0 radical (unpaired) electrons. The molecule has 0 amide bonds. The monoisotopic (exact) mass is 1310 g/mol. The number of nitrogens with two attached hydrogens (primary N) is 1. The Morgan fingerprint density at radius 1 is 0.323 bits per heavy atom. The average molecular weight is 1310 g/mol. The Balaban J connectivity index is 3.92. The van der Waals surface area contributed by atoms with Crippen LogP contribution in [0.3, 0.4) is 0 Å². The van der Waals surface area contributed by atoms with Gasteiger partial charge in [-0.1, -0.05) is 338 Å². The molecule has 2 atom stereocenters. The number of esters is 2. The van der Waals surface area contributed by atoms with Crippen LogP contribution >= 0.6 is 7.82 Å². The highest BCUT2D eigenvalue weighted by atomic mass is 31.2. The fourth-order valence-electron chi connectivity index (χ4n) is 10.1. The maximum atomic E-state index is 12.8. The maximum absolute atomic E-state index is 12.8. The molecular weight excluding hydrogens is 1170 g/mol. The van der Waals surface area contributed by atoms with E-state index in [1.165, 1.54) is 141 Å². The van der Waals surface area contributed by atoms with E-state index in [1.54, 1.807) is 0 Å². The predicted molar refractivity (Wildman–Crippen MR) is 403 cm³/mol. The van der Waals surface area contributed by atoms with Crippen molar-refractivity contribution >= 4 is 19.8 Å². The molecule has 10 heteroatoms. The molecule has 9 nitrogen and oxygen atoms in total. The molecule has 0 aliphatic heterocycles. The molecule has 0 heterocycles. The van der Waals surface area contributed by atoms with E-state index in [2.05, 4.69) is 184 Å². The van der Waals surface area contributed by atoms with E-state index >= 15 is 0 Å². The lowest BCUT2D eigenvalue weighted by atomic mass is 10.0. The average Bonchev–Trinajstić information content (AvgIpc) is 3.60. The lowest BCUT2D eigenvalue weighted by Crippen LogP contribution is -2.29. The smallest absolute Gasteiger partial charge is 0.462 e. The quantitative estimate of drug-likeness (QED) is 0.0264. The van der Waals surface area contributed by atoms with Gasteiger partial charge in [0.1, 0.15) is 6.61 Å². The third-order valence-electron chi connectivity index (χ3n) is 15.6. The first-order valence-electron chi connectivity index (χ1n) is 37.6. The molecule has 0 saturated heterocycles. The molecule has 2 unspecified atom stereocenters. The topological polar surface area (TPSA) is 134 Å². The van der Waals surface area contributed by atoms with Gasteiger partial charge in [-0.2, -0.15) is 0 Å². The Morgan fingerprint density at radius 3 is 0.828 bits per heavy atom. The standard InChI is InChI=1S/C83H138NO8P/c1-3-5-7-9-11-13-15-17-19-21-23-25-27-29-31-33-35-37-38-39-40-41-42-44-46-48-50-52-54-56-58-60-62-64-66-68-70-72-74-76-83(86)92-81(80-91-93(87,88)90-78-77-84)79-89-82(85)75-73-71-69-67-65-63-61-59-57-55-53-51-49-47-45-43-36-34-32-30-28-26-24-22-20-18-16-14-12-10-8-6-4-2/h5-8,11-14,17-20,23-26,29,31,35,37,39-40,42,44,48,50,54,56,81H,3-4,9-10,15-16,21-22,27-28,30,32-34,36,38,41,43,45-47,49,51-53,55,57-80,84H2,1-2H3,(H,87,88)/b7-5-,8-6-,13-11-,14-12-,19-17-,20-18-,25-23-,26-24-,31-29-,37-35-,40-39-,44-42-,50-48-,56-54-. The molecule has 528 valence electrons. The number of hydrogen-bond acceptors (Lipinski definition) is 8. The van der Waals surface area contributed by atoms with Crippen LogP contribution < -0.4 is 5.73 Å². The Hall–Kier alpha value is -4.63. The number of allylic oxidation sites excluding steroid dienone is 28. The number of unbranched alkanes of at least 4 members (excludes halogenated alkanes) is 28. The van der Waals surface area contributed by atoms with Gasteiger partial charge in [-0.3, -0.25) is 18.6 Å². The lowest BCUT2D eigenvalue weighted by Gasteiger charge is -2.19. The Bertz CT molecular complexity index is 2140. The van der Waals surface area contributed by atoms with Gasteiger partial charge in [0.2, 0.25) is 0 Å². The Labute approximate surface area is 571 Å². The van der Waals surface area contributed by atoms with Gasteiger partial charge in [0.15, 0.2) is 6.10 Å². The van der Waals surface area contributed by atoms with Crippen LogP contribution in [0.2, 0.25) is 0 Å². The summed E-state index contributed by atoms with van der Waals surface area (Å²) < 4.78 is 33.2. The van der Waals surface area contributed by atoms with Crippen LogP contribution in [0.25, 0.3) is 0 Å². The van der Waals surface area contributed by atoms with Gasteiger partial charge in [0, 0.05) is 19.4 Å². The van der Waals surface area contributed by atoms with Gasteiger partial charge in [-0.25, -0.2) is 4.57 Å². The molecule has 0 bridgehead atoms. The normalized spacial score (nSPS) is 13.9. The zero-order valence-corrected chi connectivity index (χ0v) is 60.3. The fraction of sp³-hybridized carbons (Fsp3) is 0.639. The number of phosphoric ester groups is 1. The highest BCUT2D eigenvalue weighted by molar-refractivity contribution is 7.47. The predicted octanol–water partition coefficient (Wildman–Crippen LogP) is 25.3. The number of hydrogen-bond donors (Lipinski definition) is 2. The van der Waals surface area contributed by atoms with Crippen molar-refractivity contribution < 1.29 is 37.6 Å². The second-order valence-electron chi connectivity index (χ2n) is 24.4. The summed E-state index contributed by atoms with van der Waals surface area (Å²) in [5.74, 6) is -0.837. The van der Waals surface area contributed by atoms with Crippen molar-refractivity contribution in [2.24, 2.45) is 5.73 Å². The highest BCUT2D eigenvalue weighted by Crippen LogP contribution is 2.43. The minimum Gasteiger partial charge on any atom is -0.462 e. The molecule has 0 aromatic rings. The zero-order chi connectivity index (χ0) is 67.2. The van der Waals surface area contributed by atoms with E-state index in [4.69, 9.17) is 24.3 Å².